The fourth-order valence-electron chi connectivity index (χ4n) is 2.97. The van der Waals surface area contributed by atoms with Crippen molar-refractivity contribution in [1.29, 1.82) is 0 Å². The number of thiazole rings is 1. The number of methoxy groups -OCH3 is 2. The van der Waals surface area contributed by atoms with E-state index in [-0.39, 0.29) is 5.56 Å². The maximum atomic E-state index is 12.8. The van der Waals surface area contributed by atoms with Crippen LogP contribution >= 0.6 is 11.3 Å². The maximum absolute atomic E-state index is 12.8. The maximum Gasteiger partial charge on any atom is 0.308 e. The van der Waals surface area contributed by atoms with Crippen LogP contribution in [0.4, 0.5) is 0 Å². The zero-order valence-electron chi connectivity index (χ0n) is 17.6. The highest BCUT2D eigenvalue weighted by Gasteiger charge is 2.11. The van der Waals surface area contributed by atoms with E-state index >= 15 is 0 Å². The molecule has 0 aliphatic rings. The van der Waals surface area contributed by atoms with Crippen molar-refractivity contribution in [2.24, 2.45) is 0 Å². The third-order valence-corrected chi connectivity index (χ3v) is 5.44. The van der Waals surface area contributed by atoms with Crippen molar-refractivity contribution in [1.82, 2.24) is 14.6 Å². The molecule has 0 atom stereocenters. The molecule has 162 valence electrons. The van der Waals surface area contributed by atoms with Crippen LogP contribution in [0.25, 0.3) is 23.2 Å². The van der Waals surface area contributed by atoms with Crippen LogP contribution < -0.4 is 24.3 Å². The number of esters is 1. The molecule has 0 fully saturated rings. The molecular weight excluding hydrogens is 430 g/mol. The first kappa shape index (κ1) is 21.3. The van der Waals surface area contributed by atoms with E-state index < -0.39 is 5.97 Å². The molecule has 0 unspecified atom stereocenters. The number of carbonyl (C=O) groups excluding carboxylic acids is 1. The van der Waals surface area contributed by atoms with Crippen molar-refractivity contribution < 1.29 is 19.0 Å². The third-order valence-electron chi connectivity index (χ3n) is 4.48. The molecule has 9 heteroatoms. The van der Waals surface area contributed by atoms with Gasteiger partial charge >= 0.3 is 5.97 Å². The first-order valence-electron chi connectivity index (χ1n) is 9.56. The van der Waals surface area contributed by atoms with E-state index in [1.54, 1.807) is 37.5 Å². The Labute approximate surface area is 187 Å². The second kappa shape index (κ2) is 9.03. The van der Waals surface area contributed by atoms with Crippen molar-refractivity contribution in [3.8, 4) is 17.2 Å². The number of ether oxygens (including phenoxy) is 3. The van der Waals surface area contributed by atoms with Crippen molar-refractivity contribution in [2.45, 2.75) is 6.92 Å². The summed E-state index contributed by atoms with van der Waals surface area (Å²) in [5.74, 6) is 1.50. The van der Waals surface area contributed by atoms with E-state index in [1.165, 1.54) is 29.9 Å². The highest BCUT2D eigenvalue weighted by atomic mass is 32.1. The molecule has 0 bridgehead atoms. The van der Waals surface area contributed by atoms with Gasteiger partial charge in [-0.15, -0.1) is 5.10 Å². The van der Waals surface area contributed by atoms with Gasteiger partial charge in [-0.25, -0.2) is 0 Å². The lowest BCUT2D eigenvalue weighted by atomic mass is 10.2. The lowest BCUT2D eigenvalue weighted by Crippen LogP contribution is -2.23. The largest absolute Gasteiger partial charge is 0.497 e. The Hall–Kier alpha value is -3.98. The summed E-state index contributed by atoms with van der Waals surface area (Å²) in [5, 5.41) is 4.29. The number of hydrogen-bond acceptors (Lipinski definition) is 8. The fraction of sp³-hybridized carbons (Fsp3) is 0.130. The first-order valence-corrected chi connectivity index (χ1v) is 10.4. The highest BCUT2D eigenvalue weighted by Crippen LogP contribution is 2.28. The summed E-state index contributed by atoms with van der Waals surface area (Å²) in [6.45, 7) is 1.32. The molecule has 0 aliphatic carbocycles. The molecule has 0 amide bonds. The molecule has 0 N–H and O–H groups in total. The Balaban J connectivity index is 1.61. The van der Waals surface area contributed by atoms with Gasteiger partial charge in [0.15, 0.2) is 17.3 Å². The van der Waals surface area contributed by atoms with Gasteiger partial charge in [0, 0.05) is 6.92 Å². The monoisotopic (exact) mass is 449 g/mol. The molecular formula is C23H19N3O5S. The molecule has 0 saturated heterocycles. The summed E-state index contributed by atoms with van der Waals surface area (Å²) >= 11 is 1.24. The topological polar surface area (TPSA) is 92.0 Å². The van der Waals surface area contributed by atoms with E-state index in [0.29, 0.717) is 26.8 Å². The molecule has 32 heavy (non-hydrogen) atoms. The molecule has 0 spiro atoms. The lowest BCUT2D eigenvalue weighted by molar-refractivity contribution is -0.132. The van der Waals surface area contributed by atoms with Gasteiger partial charge in [-0.3, -0.25) is 9.59 Å². The van der Waals surface area contributed by atoms with E-state index in [2.05, 4.69) is 10.1 Å². The standard InChI is InChI=1S/C23H19N3O5S/c1-14(27)31-18-10-6-16(12-19(18)30-3)13-20-22(28)26-23(32-20)24-21(25-26)11-7-15-4-8-17(29-2)9-5-15/h4-13H,1-3H3/b11-7+,20-13+. The second-order valence-corrected chi connectivity index (χ2v) is 7.70. The van der Waals surface area contributed by atoms with Crippen molar-refractivity contribution in [2.75, 3.05) is 14.2 Å². The zero-order chi connectivity index (χ0) is 22.7. The van der Waals surface area contributed by atoms with Crippen LogP contribution in [-0.4, -0.2) is 34.8 Å². The average molecular weight is 449 g/mol. The van der Waals surface area contributed by atoms with E-state index in [0.717, 1.165) is 16.9 Å². The summed E-state index contributed by atoms with van der Waals surface area (Å²) in [6, 6.07) is 12.6. The Morgan fingerprint density at radius 2 is 1.75 bits per heavy atom. The van der Waals surface area contributed by atoms with Crippen LogP contribution in [0.15, 0.2) is 47.3 Å². The number of benzene rings is 2. The Morgan fingerprint density at radius 1 is 1.00 bits per heavy atom. The first-order chi connectivity index (χ1) is 15.5. The minimum Gasteiger partial charge on any atom is -0.497 e. The quantitative estimate of drug-likeness (QED) is 0.330. The molecule has 0 saturated carbocycles. The SMILES string of the molecule is COc1ccc(/C=C/c2nc3s/c(=C/c4ccc(OC(C)=O)c(OC)c4)c(=O)n3n2)cc1. The van der Waals surface area contributed by atoms with Gasteiger partial charge in [-0.2, -0.15) is 9.50 Å². The van der Waals surface area contributed by atoms with Gasteiger partial charge < -0.3 is 14.2 Å². The van der Waals surface area contributed by atoms with Crippen molar-refractivity contribution in [3.05, 3.63) is 74.3 Å². The Bertz CT molecular complexity index is 1420. The summed E-state index contributed by atoms with van der Waals surface area (Å²) in [4.78, 5) is 28.9. The summed E-state index contributed by atoms with van der Waals surface area (Å²) in [5.41, 5.74) is 1.43. The van der Waals surface area contributed by atoms with Crippen LogP contribution in [0.1, 0.15) is 23.9 Å². The van der Waals surface area contributed by atoms with Gasteiger partial charge in [0.25, 0.3) is 5.56 Å². The predicted molar refractivity (Wildman–Crippen MR) is 122 cm³/mol. The van der Waals surface area contributed by atoms with E-state index in [9.17, 15) is 9.59 Å². The number of aromatic nitrogens is 3. The molecule has 4 rings (SSSR count). The van der Waals surface area contributed by atoms with Crippen molar-refractivity contribution >= 4 is 40.5 Å². The number of rotatable bonds is 6. The smallest absolute Gasteiger partial charge is 0.308 e. The zero-order valence-corrected chi connectivity index (χ0v) is 18.4. The van der Waals surface area contributed by atoms with Crippen LogP contribution in [0.3, 0.4) is 0 Å². The van der Waals surface area contributed by atoms with Crippen LogP contribution in [0.2, 0.25) is 0 Å². The van der Waals surface area contributed by atoms with Crippen LogP contribution in [0.5, 0.6) is 17.2 Å². The highest BCUT2D eigenvalue weighted by molar-refractivity contribution is 7.15. The van der Waals surface area contributed by atoms with Crippen molar-refractivity contribution in [3.63, 3.8) is 0 Å². The van der Waals surface area contributed by atoms with Gasteiger partial charge in [0.1, 0.15) is 5.75 Å². The van der Waals surface area contributed by atoms with Gasteiger partial charge in [0.2, 0.25) is 4.96 Å². The lowest BCUT2D eigenvalue weighted by Gasteiger charge is -2.08. The normalized spacial score (nSPS) is 11.9. The number of hydrogen-bond donors (Lipinski definition) is 0. The Morgan fingerprint density at radius 3 is 2.41 bits per heavy atom. The molecule has 0 aliphatic heterocycles. The Kier molecular flexibility index (Phi) is 6.00. The second-order valence-electron chi connectivity index (χ2n) is 6.69. The van der Waals surface area contributed by atoms with Crippen LogP contribution in [0, 0.1) is 0 Å². The molecule has 8 nitrogen and oxygen atoms in total. The third kappa shape index (κ3) is 4.52. The van der Waals surface area contributed by atoms with Gasteiger partial charge in [-0.1, -0.05) is 35.6 Å². The minimum absolute atomic E-state index is 0.260. The molecule has 2 aromatic carbocycles. The van der Waals surface area contributed by atoms with E-state index in [1.807, 2.05) is 30.3 Å². The molecule has 0 radical (unpaired) electrons. The molecule has 2 heterocycles. The summed E-state index contributed by atoms with van der Waals surface area (Å²) in [7, 11) is 3.10. The summed E-state index contributed by atoms with van der Waals surface area (Å²) < 4.78 is 17.3. The summed E-state index contributed by atoms with van der Waals surface area (Å²) in [6.07, 6.45) is 5.34. The number of fused-ring (bicyclic) bond motifs is 1. The predicted octanol–water partition coefficient (Wildman–Crippen LogP) is 2.81. The van der Waals surface area contributed by atoms with Gasteiger partial charge in [0.05, 0.1) is 18.8 Å². The molecule has 2 aromatic heterocycles. The van der Waals surface area contributed by atoms with Gasteiger partial charge in [-0.05, 0) is 47.5 Å². The molecule has 4 aromatic rings. The minimum atomic E-state index is -0.440. The number of carbonyl (C=O) groups is 1. The average Bonchev–Trinajstić information content (AvgIpc) is 3.32. The fourth-order valence-corrected chi connectivity index (χ4v) is 3.88. The van der Waals surface area contributed by atoms with Crippen LogP contribution in [-0.2, 0) is 4.79 Å². The number of nitrogens with zero attached hydrogens (tertiary/aromatic N) is 3. The van der Waals surface area contributed by atoms with E-state index in [4.69, 9.17) is 14.2 Å².